The largest absolute Gasteiger partial charge is 0.491 e. The minimum absolute atomic E-state index is 0.0790. The van der Waals surface area contributed by atoms with Gasteiger partial charge in [0.05, 0.1) is 12.2 Å². The van der Waals surface area contributed by atoms with Crippen LogP contribution in [0.5, 0.6) is 5.75 Å². The maximum Gasteiger partial charge on any atom is 0.131 e. The van der Waals surface area contributed by atoms with Crippen LogP contribution in [-0.2, 0) is 4.74 Å². The molecule has 120 valence electrons. The van der Waals surface area contributed by atoms with Gasteiger partial charge in [-0.05, 0) is 52.8 Å². The Hall–Kier alpha value is -1.13. The Bertz CT molecular complexity index is 429. The van der Waals surface area contributed by atoms with Crippen molar-refractivity contribution in [1.29, 1.82) is 0 Å². The lowest BCUT2D eigenvalue weighted by molar-refractivity contribution is -0.0164. The van der Waals surface area contributed by atoms with Crippen molar-refractivity contribution in [3.05, 3.63) is 29.6 Å². The maximum absolute atomic E-state index is 14.1. The molecule has 0 saturated heterocycles. The van der Waals surface area contributed by atoms with Gasteiger partial charge in [0.2, 0.25) is 0 Å². The molecule has 0 spiro atoms. The molecule has 1 atom stereocenters. The van der Waals surface area contributed by atoms with Gasteiger partial charge in [0.25, 0.3) is 0 Å². The Balaban J connectivity index is 2.67. The van der Waals surface area contributed by atoms with Gasteiger partial charge in [-0.2, -0.15) is 0 Å². The fourth-order valence-electron chi connectivity index (χ4n) is 2.03. The van der Waals surface area contributed by atoms with Gasteiger partial charge in [0, 0.05) is 11.6 Å². The molecule has 0 saturated carbocycles. The summed E-state index contributed by atoms with van der Waals surface area (Å²) >= 11 is 0. The average molecular weight is 297 g/mol. The van der Waals surface area contributed by atoms with E-state index in [1.54, 1.807) is 12.1 Å². The minimum atomic E-state index is -0.236. The number of halogens is 1. The molecule has 3 nitrogen and oxygen atoms in total. The molecule has 1 unspecified atom stereocenters. The number of hydrogen-bond acceptors (Lipinski definition) is 3. The molecule has 0 heterocycles. The lowest BCUT2D eigenvalue weighted by Gasteiger charge is -2.21. The third kappa shape index (κ3) is 6.44. The number of nitrogens with one attached hydrogen (secondary N) is 1. The van der Waals surface area contributed by atoms with Crippen LogP contribution in [0.2, 0.25) is 0 Å². The smallest absolute Gasteiger partial charge is 0.131 e. The molecular weight excluding hydrogens is 269 g/mol. The molecule has 1 aromatic rings. The van der Waals surface area contributed by atoms with E-state index in [1.807, 2.05) is 27.7 Å². The number of benzene rings is 1. The Morgan fingerprint density at radius 3 is 2.57 bits per heavy atom. The van der Waals surface area contributed by atoms with Gasteiger partial charge in [-0.25, -0.2) is 4.39 Å². The highest BCUT2D eigenvalue weighted by Gasteiger charge is 2.16. The summed E-state index contributed by atoms with van der Waals surface area (Å²) in [6, 6.07) is 4.87. The van der Waals surface area contributed by atoms with Crippen molar-refractivity contribution in [2.24, 2.45) is 0 Å². The summed E-state index contributed by atoms with van der Waals surface area (Å²) in [6.07, 6.45) is 1.01. The third-order valence-corrected chi connectivity index (χ3v) is 3.02. The van der Waals surface area contributed by atoms with E-state index in [2.05, 4.69) is 12.2 Å². The van der Waals surface area contributed by atoms with E-state index in [9.17, 15) is 4.39 Å². The van der Waals surface area contributed by atoms with Gasteiger partial charge in [-0.1, -0.05) is 13.0 Å². The topological polar surface area (TPSA) is 30.5 Å². The van der Waals surface area contributed by atoms with Crippen molar-refractivity contribution in [2.75, 3.05) is 19.8 Å². The van der Waals surface area contributed by atoms with Crippen molar-refractivity contribution in [1.82, 2.24) is 5.32 Å². The van der Waals surface area contributed by atoms with Crippen LogP contribution in [-0.4, -0.2) is 25.4 Å². The van der Waals surface area contributed by atoms with Gasteiger partial charge >= 0.3 is 0 Å². The van der Waals surface area contributed by atoms with Gasteiger partial charge < -0.3 is 14.8 Å². The second-order valence-electron chi connectivity index (χ2n) is 6.14. The van der Waals surface area contributed by atoms with Crippen LogP contribution < -0.4 is 10.1 Å². The Kier molecular flexibility index (Phi) is 7.12. The summed E-state index contributed by atoms with van der Waals surface area (Å²) < 4.78 is 25.4. The zero-order valence-corrected chi connectivity index (χ0v) is 13.8. The Morgan fingerprint density at radius 1 is 1.24 bits per heavy atom. The molecule has 1 rings (SSSR count). The van der Waals surface area contributed by atoms with Crippen molar-refractivity contribution in [3.63, 3.8) is 0 Å². The van der Waals surface area contributed by atoms with E-state index in [-0.39, 0.29) is 17.5 Å². The lowest BCUT2D eigenvalue weighted by Crippen LogP contribution is -2.24. The monoisotopic (exact) mass is 297 g/mol. The van der Waals surface area contributed by atoms with Crippen molar-refractivity contribution in [3.8, 4) is 5.75 Å². The molecule has 0 bridgehead atoms. The predicted molar refractivity (Wildman–Crippen MR) is 84.3 cm³/mol. The van der Waals surface area contributed by atoms with E-state index in [0.717, 1.165) is 13.0 Å². The first-order valence-electron chi connectivity index (χ1n) is 7.63. The molecule has 0 radical (unpaired) electrons. The quantitative estimate of drug-likeness (QED) is 0.733. The highest BCUT2D eigenvalue weighted by atomic mass is 19.1. The Labute approximate surface area is 127 Å². The first kappa shape index (κ1) is 17.9. The second-order valence-corrected chi connectivity index (χ2v) is 6.14. The highest BCUT2D eigenvalue weighted by molar-refractivity contribution is 5.37. The van der Waals surface area contributed by atoms with Crippen molar-refractivity contribution < 1.29 is 13.9 Å². The summed E-state index contributed by atoms with van der Waals surface area (Å²) in [5.74, 6) is 0.351. The normalized spacial score (nSPS) is 13.2. The fourth-order valence-corrected chi connectivity index (χ4v) is 2.03. The standard InChI is InChI=1S/C17H28FNO2/c1-6-10-19-13(2)16-14(18)8-7-9-15(16)20-11-12-21-17(3,4)5/h7-9,13,19H,6,10-12H2,1-5H3. The van der Waals surface area contributed by atoms with Gasteiger partial charge in [0.1, 0.15) is 18.2 Å². The molecule has 21 heavy (non-hydrogen) atoms. The molecule has 0 aliphatic carbocycles. The fraction of sp³-hybridized carbons (Fsp3) is 0.647. The lowest BCUT2D eigenvalue weighted by atomic mass is 10.1. The third-order valence-electron chi connectivity index (χ3n) is 3.02. The summed E-state index contributed by atoms with van der Waals surface area (Å²) in [5, 5.41) is 3.29. The van der Waals surface area contributed by atoms with Crippen LogP contribution >= 0.6 is 0 Å². The zero-order valence-electron chi connectivity index (χ0n) is 13.8. The maximum atomic E-state index is 14.1. The van der Waals surface area contributed by atoms with E-state index in [1.165, 1.54) is 6.07 Å². The molecule has 4 heteroatoms. The van der Waals surface area contributed by atoms with Crippen LogP contribution in [0, 0.1) is 5.82 Å². The Morgan fingerprint density at radius 2 is 1.95 bits per heavy atom. The van der Waals surface area contributed by atoms with E-state index in [4.69, 9.17) is 9.47 Å². The summed E-state index contributed by atoms with van der Waals surface area (Å²) in [5.41, 5.74) is 0.395. The van der Waals surface area contributed by atoms with Crippen LogP contribution in [0.1, 0.15) is 52.6 Å². The SMILES string of the molecule is CCCNC(C)c1c(F)cccc1OCCOC(C)(C)C. The van der Waals surface area contributed by atoms with Crippen LogP contribution in [0.4, 0.5) is 4.39 Å². The molecular formula is C17H28FNO2. The first-order chi connectivity index (χ1) is 9.85. The van der Waals surface area contributed by atoms with Crippen LogP contribution in [0.25, 0.3) is 0 Å². The van der Waals surface area contributed by atoms with Crippen molar-refractivity contribution >= 4 is 0 Å². The molecule has 0 fully saturated rings. The van der Waals surface area contributed by atoms with Gasteiger partial charge in [0.15, 0.2) is 0 Å². The molecule has 1 aromatic carbocycles. The molecule has 0 amide bonds. The van der Waals surface area contributed by atoms with E-state index in [0.29, 0.717) is 24.5 Å². The summed E-state index contributed by atoms with van der Waals surface area (Å²) in [6.45, 7) is 11.8. The number of ether oxygens (including phenoxy) is 2. The van der Waals surface area contributed by atoms with Crippen molar-refractivity contribution in [2.45, 2.75) is 52.7 Å². The van der Waals surface area contributed by atoms with Gasteiger partial charge in [-0.15, -0.1) is 0 Å². The predicted octanol–water partition coefficient (Wildman–Crippen LogP) is 4.08. The summed E-state index contributed by atoms with van der Waals surface area (Å²) in [7, 11) is 0. The molecule has 0 aliphatic heterocycles. The molecule has 0 aromatic heterocycles. The minimum Gasteiger partial charge on any atom is -0.491 e. The highest BCUT2D eigenvalue weighted by Crippen LogP contribution is 2.28. The first-order valence-corrected chi connectivity index (χ1v) is 7.63. The number of hydrogen-bond donors (Lipinski definition) is 1. The summed E-state index contributed by atoms with van der Waals surface area (Å²) in [4.78, 5) is 0. The molecule has 0 aliphatic rings. The van der Waals surface area contributed by atoms with Crippen LogP contribution in [0.15, 0.2) is 18.2 Å². The van der Waals surface area contributed by atoms with E-state index >= 15 is 0 Å². The molecule has 1 N–H and O–H groups in total. The average Bonchev–Trinajstić information content (AvgIpc) is 2.40. The van der Waals surface area contributed by atoms with Crippen LogP contribution in [0.3, 0.4) is 0 Å². The zero-order chi connectivity index (χ0) is 15.9. The van der Waals surface area contributed by atoms with Gasteiger partial charge in [-0.3, -0.25) is 0 Å². The number of rotatable bonds is 8. The van der Waals surface area contributed by atoms with E-state index < -0.39 is 0 Å². The second kappa shape index (κ2) is 8.35.